The number of hydrogen-bond donors (Lipinski definition) is 2. The van der Waals surface area contributed by atoms with Crippen LogP contribution in [0.15, 0.2) is 0 Å². The fourth-order valence-corrected chi connectivity index (χ4v) is 3.21. The van der Waals surface area contributed by atoms with Crippen molar-refractivity contribution >= 4 is 17.8 Å². The Morgan fingerprint density at radius 2 is 2.00 bits per heavy atom. The standard InChI is InChI=1S/C14H23N3O5/c1-3-16-5-9(4-12(16)19)14(22)17-6-10(11(18)7-17)15(2)8-13(20)21/h9-11,18H,3-8H2,1-2H3,(H,20,21)/t9-,10-,11-/m1/s1. The average molecular weight is 313 g/mol. The van der Waals surface area contributed by atoms with E-state index in [1.165, 1.54) is 0 Å². The summed E-state index contributed by atoms with van der Waals surface area (Å²) >= 11 is 0. The van der Waals surface area contributed by atoms with E-state index >= 15 is 0 Å². The number of likely N-dealkylation sites (tertiary alicyclic amines) is 2. The summed E-state index contributed by atoms with van der Waals surface area (Å²) in [5.74, 6) is -1.47. The van der Waals surface area contributed by atoms with Gasteiger partial charge in [-0.1, -0.05) is 0 Å². The largest absolute Gasteiger partial charge is 0.480 e. The Morgan fingerprint density at radius 1 is 1.32 bits per heavy atom. The number of carboxylic acid groups (broad SMARTS) is 1. The summed E-state index contributed by atoms with van der Waals surface area (Å²) in [6.07, 6.45) is -0.554. The Morgan fingerprint density at radius 3 is 2.55 bits per heavy atom. The van der Waals surface area contributed by atoms with Crippen LogP contribution in [-0.4, -0.2) is 94.6 Å². The SMILES string of the molecule is CCN1C[C@H](C(=O)N2C[C@@H](O)[C@H](N(C)CC(=O)O)C2)CC1=O. The molecule has 8 nitrogen and oxygen atoms in total. The van der Waals surface area contributed by atoms with Crippen LogP contribution in [0.4, 0.5) is 0 Å². The fraction of sp³-hybridized carbons (Fsp3) is 0.786. The number of carbonyl (C=O) groups excluding carboxylic acids is 2. The molecule has 124 valence electrons. The minimum atomic E-state index is -0.973. The van der Waals surface area contributed by atoms with Crippen molar-refractivity contribution < 1.29 is 24.6 Å². The van der Waals surface area contributed by atoms with Gasteiger partial charge in [-0.3, -0.25) is 19.3 Å². The number of aliphatic hydroxyl groups is 1. The molecule has 0 radical (unpaired) electrons. The van der Waals surface area contributed by atoms with Gasteiger partial charge in [0.05, 0.1) is 24.6 Å². The molecule has 0 aromatic heterocycles. The highest BCUT2D eigenvalue weighted by atomic mass is 16.4. The minimum absolute atomic E-state index is 0.0138. The maximum absolute atomic E-state index is 12.5. The van der Waals surface area contributed by atoms with Gasteiger partial charge in [0.15, 0.2) is 0 Å². The van der Waals surface area contributed by atoms with Crippen LogP contribution in [0, 0.1) is 5.92 Å². The topological polar surface area (TPSA) is 101 Å². The molecule has 3 atom stereocenters. The van der Waals surface area contributed by atoms with E-state index in [0.29, 0.717) is 19.6 Å². The lowest BCUT2D eigenvalue weighted by Crippen LogP contribution is -2.43. The highest BCUT2D eigenvalue weighted by Gasteiger charge is 2.41. The Balaban J connectivity index is 1.95. The van der Waals surface area contributed by atoms with E-state index in [-0.39, 0.29) is 43.3 Å². The summed E-state index contributed by atoms with van der Waals surface area (Å²) in [5, 5.41) is 18.9. The maximum Gasteiger partial charge on any atom is 0.317 e. The predicted molar refractivity (Wildman–Crippen MR) is 77.0 cm³/mol. The zero-order valence-electron chi connectivity index (χ0n) is 12.9. The smallest absolute Gasteiger partial charge is 0.317 e. The van der Waals surface area contributed by atoms with Gasteiger partial charge < -0.3 is 20.0 Å². The quantitative estimate of drug-likeness (QED) is 0.637. The molecule has 0 unspecified atom stereocenters. The number of rotatable bonds is 5. The molecule has 2 aliphatic heterocycles. The van der Waals surface area contributed by atoms with E-state index in [1.54, 1.807) is 21.7 Å². The van der Waals surface area contributed by atoms with Gasteiger partial charge in [0.25, 0.3) is 0 Å². The molecule has 0 bridgehead atoms. The lowest BCUT2D eigenvalue weighted by atomic mass is 10.1. The zero-order chi connectivity index (χ0) is 16.4. The zero-order valence-corrected chi connectivity index (χ0v) is 12.9. The van der Waals surface area contributed by atoms with E-state index in [1.807, 2.05) is 6.92 Å². The third kappa shape index (κ3) is 3.38. The molecule has 2 saturated heterocycles. The number of amides is 2. The molecule has 2 N–H and O–H groups in total. The molecule has 0 saturated carbocycles. The van der Waals surface area contributed by atoms with Crippen LogP contribution in [0.5, 0.6) is 0 Å². The number of aliphatic hydroxyl groups excluding tert-OH is 1. The molecule has 0 aliphatic carbocycles. The summed E-state index contributed by atoms with van der Waals surface area (Å²) in [6.45, 7) is 3.19. The Kier molecular flexibility index (Phi) is 5.02. The lowest BCUT2D eigenvalue weighted by Gasteiger charge is -2.25. The molecule has 2 heterocycles. The van der Waals surface area contributed by atoms with E-state index in [4.69, 9.17) is 5.11 Å². The number of carbonyl (C=O) groups is 3. The molecular weight excluding hydrogens is 290 g/mol. The van der Waals surface area contributed by atoms with Gasteiger partial charge in [-0.25, -0.2) is 0 Å². The van der Waals surface area contributed by atoms with Crippen molar-refractivity contribution in [1.82, 2.24) is 14.7 Å². The maximum atomic E-state index is 12.5. The van der Waals surface area contributed by atoms with Crippen LogP contribution in [0.1, 0.15) is 13.3 Å². The van der Waals surface area contributed by atoms with Crippen LogP contribution in [-0.2, 0) is 14.4 Å². The number of likely N-dealkylation sites (N-methyl/N-ethyl adjacent to an activating group) is 1. The molecule has 0 spiro atoms. The van der Waals surface area contributed by atoms with E-state index < -0.39 is 12.1 Å². The van der Waals surface area contributed by atoms with E-state index in [2.05, 4.69) is 0 Å². The van der Waals surface area contributed by atoms with Crippen molar-refractivity contribution in [1.29, 1.82) is 0 Å². The van der Waals surface area contributed by atoms with Crippen molar-refractivity contribution in [3.63, 3.8) is 0 Å². The van der Waals surface area contributed by atoms with Crippen molar-refractivity contribution in [3.05, 3.63) is 0 Å². The Bertz CT molecular complexity index is 469. The first-order chi connectivity index (χ1) is 10.3. The van der Waals surface area contributed by atoms with Gasteiger partial charge in [0.1, 0.15) is 0 Å². The van der Waals surface area contributed by atoms with Gasteiger partial charge in [-0.2, -0.15) is 0 Å². The van der Waals surface area contributed by atoms with Gasteiger partial charge in [0.2, 0.25) is 11.8 Å². The van der Waals surface area contributed by atoms with Crippen molar-refractivity contribution in [2.45, 2.75) is 25.5 Å². The molecule has 2 fully saturated rings. The second kappa shape index (κ2) is 6.62. The minimum Gasteiger partial charge on any atom is -0.480 e. The first-order valence-electron chi connectivity index (χ1n) is 7.50. The van der Waals surface area contributed by atoms with Gasteiger partial charge in [-0.15, -0.1) is 0 Å². The summed E-state index contributed by atoms with van der Waals surface area (Å²) in [7, 11) is 1.62. The van der Waals surface area contributed by atoms with E-state index in [9.17, 15) is 19.5 Å². The number of β-amino-alcohol motifs (C(OH)–C–C–N with tert-alkyl or cyclic N) is 1. The number of aliphatic carboxylic acids is 1. The van der Waals surface area contributed by atoms with E-state index in [0.717, 1.165) is 0 Å². The normalized spacial score (nSPS) is 28.7. The molecule has 0 aromatic rings. The molecule has 0 aromatic carbocycles. The summed E-state index contributed by atoms with van der Waals surface area (Å²) in [5.41, 5.74) is 0. The predicted octanol–water partition coefficient (Wildman–Crippen LogP) is -1.56. The van der Waals surface area contributed by atoms with Gasteiger partial charge in [0, 0.05) is 32.6 Å². The Labute approximate surface area is 129 Å². The van der Waals surface area contributed by atoms with Gasteiger partial charge in [-0.05, 0) is 14.0 Å². The van der Waals surface area contributed by atoms with Crippen LogP contribution < -0.4 is 0 Å². The number of carboxylic acids is 1. The van der Waals surface area contributed by atoms with Crippen LogP contribution in [0.3, 0.4) is 0 Å². The third-order valence-corrected chi connectivity index (χ3v) is 4.47. The van der Waals surface area contributed by atoms with Crippen LogP contribution in [0.2, 0.25) is 0 Å². The molecular formula is C14H23N3O5. The second-order valence-corrected chi connectivity index (χ2v) is 6.02. The van der Waals surface area contributed by atoms with Crippen LogP contribution >= 0.6 is 0 Å². The lowest BCUT2D eigenvalue weighted by molar-refractivity contribution is -0.138. The highest BCUT2D eigenvalue weighted by molar-refractivity contribution is 5.89. The molecule has 8 heteroatoms. The molecule has 2 amide bonds. The first kappa shape index (κ1) is 16.7. The highest BCUT2D eigenvalue weighted by Crippen LogP contribution is 2.23. The van der Waals surface area contributed by atoms with Crippen molar-refractivity contribution in [3.8, 4) is 0 Å². The molecule has 2 aliphatic rings. The Hall–Kier alpha value is -1.67. The first-order valence-corrected chi connectivity index (χ1v) is 7.50. The summed E-state index contributed by atoms with van der Waals surface area (Å²) in [4.78, 5) is 39.7. The average Bonchev–Trinajstić information content (AvgIpc) is 3.00. The number of hydrogen-bond acceptors (Lipinski definition) is 5. The number of nitrogens with zero attached hydrogens (tertiary/aromatic N) is 3. The third-order valence-electron chi connectivity index (χ3n) is 4.47. The molecule has 22 heavy (non-hydrogen) atoms. The summed E-state index contributed by atoms with van der Waals surface area (Å²) < 4.78 is 0. The molecule has 2 rings (SSSR count). The second-order valence-electron chi connectivity index (χ2n) is 6.02. The van der Waals surface area contributed by atoms with Crippen molar-refractivity contribution in [2.75, 3.05) is 39.8 Å². The van der Waals surface area contributed by atoms with Gasteiger partial charge >= 0.3 is 5.97 Å². The van der Waals surface area contributed by atoms with Crippen LogP contribution in [0.25, 0.3) is 0 Å². The van der Waals surface area contributed by atoms with Crippen molar-refractivity contribution in [2.24, 2.45) is 5.92 Å². The summed E-state index contributed by atoms with van der Waals surface area (Å²) in [6, 6.07) is -0.389. The fourth-order valence-electron chi connectivity index (χ4n) is 3.21. The monoisotopic (exact) mass is 313 g/mol.